The molecule has 0 unspecified atom stereocenters. The summed E-state index contributed by atoms with van der Waals surface area (Å²) in [5.41, 5.74) is 1.17. The molecule has 1 amide bonds. The highest BCUT2D eigenvalue weighted by atomic mass is 32.2. The largest absolute Gasteiger partial charge is 0.300 e. The van der Waals surface area contributed by atoms with Gasteiger partial charge in [-0.25, -0.2) is 9.38 Å². The highest BCUT2D eigenvalue weighted by molar-refractivity contribution is 8.18. The summed E-state index contributed by atoms with van der Waals surface area (Å²) in [4.78, 5) is 17.0. The fourth-order valence-electron chi connectivity index (χ4n) is 2.65. The Morgan fingerprint density at radius 3 is 2.60 bits per heavy atom. The Labute approximate surface area is 148 Å². The van der Waals surface area contributed by atoms with E-state index in [0.29, 0.717) is 10.1 Å². The molecule has 0 saturated carbocycles. The van der Waals surface area contributed by atoms with Crippen molar-refractivity contribution in [1.82, 2.24) is 5.32 Å². The Hall–Kier alpha value is -2.92. The summed E-state index contributed by atoms with van der Waals surface area (Å²) in [6.07, 6.45) is 1.84. The van der Waals surface area contributed by atoms with Gasteiger partial charge >= 0.3 is 0 Å². The first kappa shape index (κ1) is 15.6. The van der Waals surface area contributed by atoms with Gasteiger partial charge in [-0.1, -0.05) is 54.6 Å². The number of amidine groups is 1. The van der Waals surface area contributed by atoms with E-state index < -0.39 is 5.82 Å². The van der Waals surface area contributed by atoms with Gasteiger partial charge in [0.15, 0.2) is 5.17 Å². The van der Waals surface area contributed by atoms with E-state index in [4.69, 9.17) is 0 Å². The second-order valence-electron chi connectivity index (χ2n) is 5.50. The topological polar surface area (TPSA) is 41.5 Å². The maximum atomic E-state index is 13.7. The van der Waals surface area contributed by atoms with E-state index >= 15 is 0 Å². The third kappa shape index (κ3) is 3.19. The minimum absolute atomic E-state index is 0.205. The molecule has 0 bridgehead atoms. The Balaban J connectivity index is 1.69. The molecule has 1 fully saturated rings. The number of carbonyl (C=O) groups is 1. The van der Waals surface area contributed by atoms with Crippen molar-refractivity contribution in [1.29, 1.82) is 0 Å². The van der Waals surface area contributed by atoms with Crippen molar-refractivity contribution in [3.63, 3.8) is 0 Å². The van der Waals surface area contributed by atoms with Gasteiger partial charge in [0.25, 0.3) is 5.91 Å². The number of fused-ring (bicyclic) bond motifs is 1. The van der Waals surface area contributed by atoms with Gasteiger partial charge in [0.1, 0.15) is 11.5 Å². The summed E-state index contributed by atoms with van der Waals surface area (Å²) in [5.74, 6) is -0.649. The molecule has 1 N–H and O–H groups in total. The van der Waals surface area contributed by atoms with Crippen molar-refractivity contribution in [2.75, 3.05) is 0 Å². The number of aliphatic imine (C=N–C) groups is 1. The highest BCUT2D eigenvalue weighted by Crippen LogP contribution is 2.30. The third-order valence-electron chi connectivity index (χ3n) is 3.84. The molecule has 1 heterocycles. The molecule has 1 aliphatic rings. The molecule has 0 radical (unpaired) electrons. The van der Waals surface area contributed by atoms with Crippen molar-refractivity contribution < 1.29 is 9.18 Å². The summed E-state index contributed by atoms with van der Waals surface area (Å²) in [5, 5.41) is 5.25. The van der Waals surface area contributed by atoms with Gasteiger partial charge < -0.3 is 5.32 Å². The number of hydrogen-bond acceptors (Lipinski definition) is 3. The molecule has 3 aromatic rings. The number of benzene rings is 3. The maximum Gasteiger partial charge on any atom is 0.264 e. The number of para-hydroxylation sites is 1. The fraction of sp³-hybridized carbons (Fsp3) is 0. The summed E-state index contributed by atoms with van der Waals surface area (Å²) in [6, 6.07) is 20.2. The molecule has 5 heteroatoms. The van der Waals surface area contributed by atoms with Gasteiger partial charge in [-0.05, 0) is 46.3 Å². The smallest absolute Gasteiger partial charge is 0.264 e. The van der Waals surface area contributed by atoms with Gasteiger partial charge in [0.05, 0.1) is 4.91 Å². The van der Waals surface area contributed by atoms with E-state index in [9.17, 15) is 9.18 Å². The monoisotopic (exact) mass is 348 g/mol. The molecule has 0 aromatic heterocycles. The van der Waals surface area contributed by atoms with Crippen LogP contribution in [0.4, 0.5) is 10.1 Å². The van der Waals surface area contributed by atoms with E-state index in [1.165, 1.54) is 17.8 Å². The van der Waals surface area contributed by atoms with Crippen molar-refractivity contribution >= 4 is 45.4 Å². The lowest BCUT2D eigenvalue weighted by molar-refractivity contribution is -0.115. The average Bonchev–Trinajstić information content (AvgIpc) is 2.97. The average molecular weight is 348 g/mol. The van der Waals surface area contributed by atoms with Gasteiger partial charge in [-0.3, -0.25) is 4.79 Å². The lowest BCUT2D eigenvalue weighted by Gasteiger charge is -2.02. The molecule has 25 heavy (non-hydrogen) atoms. The number of carbonyl (C=O) groups excluding carboxylic acids is 1. The van der Waals surface area contributed by atoms with Crippen LogP contribution in [0.2, 0.25) is 0 Å². The van der Waals surface area contributed by atoms with Gasteiger partial charge in [-0.2, -0.15) is 0 Å². The summed E-state index contributed by atoms with van der Waals surface area (Å²) >= 11 is 1.21. The van der Waals surface area contributed by atoms with Gasteiger partial charge in [0.2, 0.25) is 0 Å². The molecule has 1 saturated heterocycles. The van der Waals surface area contributed by atoms with Crippen LogP contribution in [-0.2, 0) is 4.79 Å². The second-order valence-corrected chi connectivity index (χ2v) is 6.53. The molecule has 1 aliphatic heterocycles. The van der Waals surface area contributed by atoms with Gasteiger partial charge in [-0.15, -0.1) is 0 Å². The molecular weight excluding hydrogens is 335 g/mol. The molecule has 4 rings (SSSR count). The third-order valence-corrected chi connectivity index (χ3v) is 4.75. The zero-order valence-electron chi connectivity index (χ0n) is 13.1. The van der Waals surface area contributed by atoms with Crippen LogP contribution < -0.4 is 5.32 Å². The predicted molar refractivity (Wildman–Crippen MR) is 101 cm³/mol. The zero-order valence-corrected chi connectivity index (χ0v) is 13.9. The van der Waals surface area contributed by atoms with Crippen molar-refractivity contribution in [3.8, 4) is 0 Å². The number of nitrogens with one attached hydrogen (secondary N) is 1. The van der Waals surface area contributed by atoms with Crippen LogP contribution >= 0.6 is 11.8 Å². The van der Waals surface area contributed by atoms with Crippen LogP contribution in [0.25, 0.3) is 16.8 Å². The SMILES string of the molecule is O=C1NC(=Nc2ccccc2F)S/C1=C\c1cccc2ccccc12. The molecule has 0 spiro atoms. The van der Waals surface area contributed by atoms with E-state index in [1.807, 2.05) is 48.5 Å². The van der Waals surface area contributed by atoms with Crippen molar-refractivity contribution in [3.05, 3.63) is 83.0 Å². The summed E-state index contributed by atoms with van der Waals surface area (Å²) in [7, 11) is 0. The Morgan fingerprint density at radius 1 is 0.960 bits per heavy atom. The maximum absolute atomic E-state index is 13.7. The number of amides is 1. The molecule has 0 atom stereocenters. The quantitative estimate of drug-likeness (QED) is 0.671. The fourth-order valence-corrected chi connectivity index (χ4v) is 3.48. The Kier molecular flexibility index (Phi) is 4.07. The normalized spacial score (nSPS) is 17.4. The standard InChI is InChI=1S/C20H13FN2OS/c21-16-10-3-4-11-17(16)22-20-23-19(24)18(25-20)12-14-8-5-7-13-6-1-2-9-15(13)14/h1-12H,(H,22,23,24)/b18-12-. The first-order valence-corrected chi connectivity index (χ1v) is 8.54. The minimum Gasteiger partial charge on any atom is -0.300 e. The number of thioether (sulfide) groups is 1. The highest BCUT2D eigenvalue weighted by Gasteiger charge is 2.24. The minimum atomic E-state index is -0.420. The number of nitrogens with zero attached hydrogens (tertiary/aromatic N) is 1. The van der Waals surface area contributed by atoms with Crippen LogP contribution in [0.15, 0.2) is 76.6 Å². The van der Waals surface area contributed by atoms with Crippen LogP contribution in [0.3, 0.4) is 0 Å². The lowest BCUT2D eigenvalue weighted by Crippen LogP contribution is -2.19. The van der Waals surface area contributed by atoms with Crippen molar-refractivity contribution in [2.24, 2.45) is 4.99 Å². The van der Waals surface area contributed by atoms with Crippen LogP contribution in [0.5, 0.6) is 0 Å². The first-order chi connectivity index (χ1) is 12.2. The number of hydrogen-bond donors (Lipinski definition) is 1. The Morgan fingerprint density at radius 2 is 1.72 bits per heavy atom. The first-order valence-electron chi connectivity index (χ1n) is 7.72. The predicted octanol–water partition coefficient (Wildman–Crippen LogP) is 4.87. The van der Waals surface area contributed by atoms with E-state index in [0.717, 1.165) is 16.3 Å². The van der Waals surface area contributed by atoms with E-state index in [1.54, 1.807) is 18.2 Å². The zero-order chi connectivity index (χ0) is 17.2. The van der Waals surface area contributed by atoms with Crippen LogP contribution in [-0.4, -0.2) is 11.1 Å². The number of rotatable bonds is 2. The lowest BCUT2D eigenvalue weighted by atomic mass is 10.0. The van der Waals surface area contributed by atoms with Crippen molar-refractivity contribution in [2.45, 2.75) is 0 Å². The molecule has 3 aromatic carbocycles. The molecule has 122 valence electrons. The van der Waals surface area contributed by atoms with Crippen LogP contribution in [0.1, 0.15) is 5.56 Å². The number of halogens is 1. The summed E-state index contributed by atoms with van der Waals surface area (Å²) in [6.45, 7) is 0. The summed E-state index contributed by atoms with van der Waals surface area (Å²) < 4.78 is 13.7. The second kappa shape index (κ2) is 6.53. The molecular formula is C20H13FN2OS. The van der Waals surface area contributed by atoms with Gasteiger partial charge in [0, 0.05) is 0 Å². The van der Waals surface area contributed by atoms with E-state index in [2.05, 4.69) is 10.3 Å². The molecule has 3 nitrogen and oxygen atoms in total. The van der Waals surface area contributed by atoms with Crippen LogP contribution in [0, 0.1) is 5.82 Å². The molecule has 0 aliphatic carbocycles. The Bertz CT molecular complexity index is 1040. The van der Waals surface area contributed by atoms with E-state index in [-0.39, 0.29) is 11.6 Å².